The smallest absolute Gasteiger partial charge is 0.0177 e. The molecule has 0 saturated carbocycles. The SMILES string of the molecule is CCNCCCCNCCCCNC/C=C(/CNC)CNCCCCNCCCCNCC. The molecule has 0 atom stereocenters. The molecule has 33 heavy (non-hydrogen) atoms. The van der Waals surface area contributed by atoms with E-state index in [0.29, 0.717) is 0 Å². The van der Waals surface area contributed by atoms with Crippen molar-refractivity contribution in [3.63, 3.8) is 0 Å². The third-order valence-electron chi connectivity index (χ3n) is 5.62. The van der Waals surface area contributed by atoms with E-state index in [9.17, 15) is 0 Å². The minimum Gasteiger partial charge on any atom is -0.317 e. The predicted octanol–water partition coefficient (Wildman–Crippen LogP) is 1.83. The zero-order valence-corrected chi connectivity index (χ0v) is 22.4. The van der Waals surface area contributed by atoms with Crippen LogP contribution in [0.25, 0.3) is 0 Å². The molecule has 0 rings (SSSR count). The van der Waals surface area contributed by atoms with Gasteiger partial charge >= 0.3 is 0 Å². The van der Waals surface area contributed by atoms with Crippen LogP contribution in [0.5, 0.6) is 0 Å². The van der Waals surface area contributed by atoms with E-state index in [1.807, 2.05) is 7.05 Å². The van der Waals surface area contributed by atoms with Crippen molar-refractivity contribution in [1.82, 2.24) is 37.2 Å². The van der Waals surface area contributed by atoms with Crippen LogP contribution in [0.4, 0.5) is 0 Å². The molecule has 0 unspecified atom stereocenters. The van der Waals surface area contributed by atoms with Crippen molar-refractivity contribution in [2.45, 2.75) is 65.2 Å². The largest absolute Gasteiger partial charge is 0.317 e. The van der Waals surface area contributed by atoms with Crippen molar-refractivity contribution in [3.8, 4) is 0 Å². The maximum absolute atomic E-state index is 3.61. The van der Waals surface area contributed by atoms with Gasteiger partial charge in [0.25, 0.3) is 0 Å². The molecule has 0 aromatic rings. The van der Waals surface area contributed by atoms with Crippen LogP contribution in [0.1, 0.15) is 65.2 Å². The van der Waals surface area contributed by atoms with Gasteiger partial charge in [-0.2, -0.15) is 0 Å². The molecule has 0 radical (unpaired) electrons. The molecule has 0 aliphatic heterocycles. The molecule has 0 fully saturated rings. The molecule has 0 aromatic carbocycles. The van der Waals surface area contributed by atoms with Crippen LogP contribution in [-0.4, -0.2) is 92.1 Å². The fourth-order valence-corrected chi connectivity index (χ4v) is 3.60. The molecule has 0 amide bonds. The highest BCUT2D eigenvalue weighted by molar-refractivity contribution is 5.07. The number of unbranched alkanes of at least 4 members (excludes halogenated alkanes) is 4. The molecule has 0 aliphatic carbocycles. The normalized spacial score (nSPS) is 12.0. The Labute approximate surface area is 206 Å². The number of nitrogens with one attached hydrogen (secondary N) is 7. The van der Waals surface area contributed by atoms with Crippen LogP contribution >= 0.6 is 0 Å². The Kier molecular flexibility index (Phi) is 29.0. The summed E-state index contributed by atoms with van der Waals surface area (Å²) in [6.07, 6.45) is 12.4. The fourth-order valence-electron chi connectivity index (χ4n) is 3.60. The predicted molar refractivity (Wildman–Crippen MR) is 148 cm³/mol. The van der Waals surface area contributed by atoms with Crippen molar-refractivity contribution < 1.29 is 0 Å². The molecule has 7 N–H and O–H groups in total. The molecule has 0 bridgehead atoms. The first-order valence-electron chi connectivity index (χ1n) is 13.9. The highest BCUT2D eigenvalue weighted by Gasteiger charge is 1.97. The minimum absolute atomic E-state index is 0.959. The lowest BCUT2D eigenvalue weighted by molar-refractivity contribution is 0.560. The van der Waals surface area contributed by atoms with Gasteiger partial charge in [-0.3, -0.25) is 0 Å². The summed E-state index contributed by atoms with van der Waals surface area (Å²) in [6.45, 7) is 18.5. The van der Waals surface area contributed by atoms with E-state index in [-0.39, 0.29) is 0 Å². The molecule has 0 aromatic heterocycles. The van der Waals surface area contributed by atoms with Crippen molar-refractivity contribution >= 4 is 0 Å². The van der Waals surface area contributed by atoms with E-state index in [1.54, 1.807) is 0 Å². The lowest BCUT2D eigenvalue weighted by Crippen LogP contribution is -2.26. The fraction of sp³-hybridized carbons (Fsp3) is 0.923. The van der Waals surface area contributed by atoms with Gasteiger partial charge in [-0.25, -0.2) is 0 Å². The lowest BCUT2D eigenvalue weighted by atomic mass is 10.2. The van der Waals surface area contributed by atoms with Gasteiger partial charge in [0.2, 0.25) is 0 Å². The highest BCUT2D eigenvalue weighted by atomic mass is 14.9. The summed E-state index contributed by atoms with van der Waals surface area (Å²) in [5.41, 5.74) is 1.45. The monoisotopic (exact) mass is 469 g/mol. The quantitative estimate of drug-likeness (QED) is 0.0695. The summed E-state index contributed by atoms with van der Waals surface area (Å²) in [7, 11) is 2.03. The summed E-state index contributed by atoms with van der Waals surface area (Å²) in [6, 6.07) is 0. The van der Waals surface area contributed by atoms with Crippen LogP contribution in [0.15, 0.2) is 11.6 Å². The Morgan fingerprint density at radius 1 is 0.485 bits per heavy atom. The van der Waals surface area contributed by atoms with E-state index >= 15 is 0 Å². The van der Waals surface area contributed by atoms with Gasteiger partial charge < -0.3 is 37.2 Å². The van der Waals surface area contributed by atoms with Crippen LogP contribution in [0, 0.1) is 0 Å². The van der Waals surface area contributed by atoms with Crippen LogP contribution < -0.4 is 37.2 Å². The average Bonchev–Trinajstić information content (AvgIpc) is 2.82. The molecule has 0 saturated heterocycles. The van der Waals surface area contributed by atoms with Crippen molar-refractivity contribution in [1.29, 1.82) is 0 Å². The molecule has 0 spiro atoms. The maximum Gasteiger partial charge on any atom is 0.0177 e. The Morgan fingerprint density at radius 3 is 1.30 bits per heavy atom. The lowest BCUT2D eigenvalue weighted by Gasteiger charge is -2.10. The average molecular weight is 470 g/mol. The third kappa shape index (κ3) is 27.6. The zero-order chi connectivity index (χ0) is 24.1. The summed E-state index contributed by atoms with van der Waals surface area (Å²) in [4.78, 5) is 0. The number of rotatable bonds is 28. The van der Waals surface area contributed by atoms with Gasteiger partial charge in [0.15, 0.2) is 0 Å². The Bertz CT molecular complexity index is 391. The van der Waals surface area contributed by atoms with Crippen molar-refractivity contribution in [3.05, 3.63) is 11.6 Å². The molecular weight excluding hydrogens is 410 g/mol. The Hall–Kier alpha value is -0.540. The summed E-state index contributed by atoms with van der Waals surface area (Å²) < 4.78 is 0. The molecule has 0 heterocycles. The first-order chi connectivity index (χ1) is 16.3. The number of hydrogen-bond acceptors (Lipinski definition) is 7. The van der Waals surface area contributed by atoms with Crippen molar-refractivity contribution in [2.24, 2.45) is 0 Å². The maximum atomic E-state index is 3.61. The minimum atomic E-state index is 0.959. The second-order valence-corrected chi connectivity index (χ2v) is 8.81. The summed E-state index contributed by atoms with van der Waals surface area (Å²) in [5.74, 6) is 0. The number of hydrogen-bond donors (Lipinski definition) is 7. The standard InChI is InChI=1S/C26H59N7/c1-4-28-15-6-8-17-30-19-10-11-21-32-23-14-26(24-27-3)25-33-22-13-12-20-31-18-9-7-16-29-5-2/h14,27-33H,4-13,15-25H2,1-3H3/b26-14-. The van der Waals surface area contributed by atoms with Gasteiger partial charge in [-0.15, -0.1) is 0 Å². The van der Waals surface area contributed by atoms with E-state index in [1.165, 1.54) is 56.9 Å². The van der Waals surface area contributed by atoms with Gasteiger partial charge in [0.05, 0.1) is 0 Å². The summed E-state index contributed by atoms with van der Waals surface area (Å²) >= 11 is 0. The first-order valence-corrected chi connectivity index (χ1v) is 13.9. The summed E-state index contributed by atoms with van der Waals surface area (Å²) in [5, 5.41) is 24.3. The molecule has 0 aliphatic rings. The second kappa shape index (κ2) is 29.5. The van der Waals surface area contributed by atoms with Gasteiger partial charge in [-0.1, -0.05) is 19.9 Å². The molecule has 198 valence electrons. The van der Waals surface area contributed by atoms with E-state index in [2.05, 4.69) is 57.1 Å². The van der Waals surface area contributed by atoms with Crippen molar-refractivity contribution in [2.75, 3.05) is 92.1 Å². The van der Waals surface area contributed by atoms with Crippen LogP contribution in [-0.2, 0) is 0 Å². The van der Waals surface area contributed by atoms with Crippen LogP contribution in [0.2, 0.25) is 0 Å². The van der Waals surface area contributed by atoms with E-state index in [0.717, 1.165) is 85.1 Å². The van der Waals surface area contributed by atoms with Gasteiger partial charge in [0.1, 0.15) is 0 Å². The van der Waals surface area contributed by atoms with Crippen LogP contribution in [0.3, 0.4) is 0 Å². The highest BCUT2D eigenvalue weighted by Crippen LogP contribution is 1.93. The zero-order valence-electron chi connectivity index (χ0n) is 22.4. The number of likely N-dealkylation sites (N-methyl/N-ethyl adjacent to an activating group) is 1. The Balaban J connectivity index is 3.48. The third-order valence-corrected chi connectivity index (χ3v) is 5.62. The van der Waals surface area contributed by atoms with Gasteiger partial charge in [0, 0.05) is 19.6 Å². The van der Waals surface area contributed by atoms with E-state index in [4.69, 9.17) is 0 Å². The second-order valence-electron chi connectivity index (χ2n) is 8.81. The topological polar surface area (TPSA) is 84.2 Å². The van der Waals surface area contributed by atoms with Gasteiger partial charge in [-0.05, 0) is 129 Å². The van der Waals surface area contributed by atoms with E-state index < -0.39 is 0 Å². The first kappa shape index (κ1) is 32.5. The molecular formula is C26H59N7. The molecule has 7 heteroatoms. The molecule has 7 nitrogen and oxygen atoms in total. The Morgan fingerprint density at radius 2 is 0.879 bits per heavy atom.